The molecule has 0 radical (unpaired) electrons. The highest BCUT2D eigenvalue weighted by Crippen LogP contribution is 2.37. The highest BCUT2D eigenvalue weighted by molar-refractivity contribution is 7.11. The lowest BCUT2D eigenvalue weighted by molar-refractivity contribution is -0.120. The Morgan fingerprint density at radius 2 is 1.70 bits per heavy atom. The summed E-state index contributed by atoms with van der Waals surface area (Å²) in [4.78, 5) is 33.3. The van der Waals surface area contributed by atoms with Gasteiger partial charge >= 0.3 is 0 Å². The minimum Gasteiger partial charge on any atom is -0.493 e. The standard InChI is InChI=1S/C23H27N3O3S/c1-16(2)15-29-18-8-6-17(7-9-18)26-22(27)20(19-5-4-14-30-19)21(23(26)28)25-12-10-24(3)11-13-25/h4-9,14,16H,10-13,15H2,1-3H3. The van der Waals surface area contributed by atoms with E-state index in [2.05, 4.69) is 30.7 Å². The number of carbonyl (C=O) groups excluding carboxylic acids is 2. The van der Waals surface area contributed by atoms with E-state index >= 15 is 0 Å². The van der Waals surface area contributed by atoms with Crippen molar-refractivity contribution in [3.63, 3.8) is 0 Å². The second-order valence-corrected chi connectivity index (χ2v) is 9.08. The number of hydrogen-bond donors (Lipinski definition) is 0. The van der Waals surface area contributed by atoms with Crippen molar-refractivity contribution in [3.8, 4) is 5.75 Å². The molecule has 2 aromatic rings. The van der Waals surface area contributed by atoms with Crippen LogP contribution in [-0.2, 0) is 9.59 Å². The van der Waals surface area contributed by atoms with Gasteiger partial charge in [-0.3, -0.25) is 9.59 Å². The molecule has 0 spiro atoms. The Kier molecular flexibility index (Phi) is 5.92. The first-order valence-corrected chi connectivity index (χ1v) is 11.2. The summed E-state index contributed by atoms with van der Waals surface area (Å²) in [5.74, 6) is 0.656. The smallest absolute Gasteiger partial charge is 0.282 e. The highest BCUT2D eigenvalue weighted by Gasteiger charge is 2.43. The molecule has 0 bridgehead atoms. The van der Waals surface area contributed by atoms with Crippen molar-refractivity contribution in [2.24, 2.45) is 5.92 Å². The summed E-state index contributed by atoms with van der Waals surface area (Å²) < 4.78 is 5.74. The zero-order chi connectivity index (χ0) is 21.3. The second kappa shape index (κ2) is 8.62. The number of rotatable bonds is 6. The Hall–Kier alpha value is -2.64. The van der Waals surface area contributed by atoms with Gasteiger partial charge in [0.15, 0.2) is 0 Å². The summed E-state index contributed by atoms with van der Waals surface area (Å²) in [5, 5.41) is 1.94. The summed E-state index contributed by atoms with van der Waals surface area (Å²) >= 11 is 1.49. The molecule has 1 fully saturated rings. The fraction of sp³-hybridized carbons (Fsp3) is 0.391. The minimum atomic E-state index is -0.257. The van der Waals surface area contributed by atoms with Crippen LogP contribution in [0.4, 0.5) is 5.69 Å². The molecule has 0 N–H and O–H groups in total. The second-order valence-electron chi connectivity index (χ2n) is 8.14. The summed E-state index contributed by atoms with van der Waals surface area (Å²) in [6.07, 6.45) is 0. The normalized spacial score (nSPS) is 18.1. The Balaban J connectivity index is 1.64. The lowest BCUT2D eigenvalue weighted by Gasteiger charge is -2.34. The minimum absolute atomic E-state index is 0.246. The van der Waals surface area contributed by atoms with Crippen molar-refractivity contribution >= 4 is 34.4 Å². The van der Waals surface area contributed by atoms with Gasteiger partial charge in [0.1, 0.15) is 11.4 Å². The van der Waals surface area contributed by atoms with Gasteiger partial charge in [-0.05, 0) is 48.7 Å². The zero-order valence-corrected chi connectivity index (χ0v) is 18.4. The van der Waals surface area contributed by atoms with Gasteiger partial charge in [-0.2, -0.15) is 0 Å². The molecule has 0 saturated carbocycles. The van der Waals surface area contributed by atoms with Crippen LogP contribution in [0.3, 0.4) is 0 Å². The molecule has 2 aliphatic heterocycles. The van der Waals surface area contributed by atoms with E-state index in [-0.39, 0.29) is 11.8 Å². The average Bonchev–Trinajstić information content (AvgIpc) is 3.34. The number of carbonyl (C=O) groups is 2. The molecule has 2 aliphatic rings. The molecule has 30 heavy (non-hydrogen) atoms. The molecule has 0 unspecified atom stereocenters. The van der Waals surface area contributed by atoms with Crippen LogP contribution < -0.4 is 9.64 Å². The third kappa shape index (κ3) is 4.00. The van der Waals surface area contributed by atoms with E-state index in [1.807, 2.05) is 29.6 Å². The average molecular weight is 426 g/mol. The SMILES string of the molecule is CC(C)COc1ccc(N2C(=O)C(c3cccs3)=C(N3CCN(C)CC3)C2=O)cc1. The van der Waals surface area contributed by atoms with Gasteiger partial charge in [0, 0.05) is 31.1 Å². The molecule has 4 rings (SSSR count). The Labute approximate surface area is 181 Å². The van der Waals surface area contributed by atoms with Crippen molar-refractivity contribution < 1.29 is 14.3 Å². The van der Waals surface area contributed by atoms with Gasteiger partial charge in [-0.1, -0.05) is 19.9 Å². The summed E-state index contributed by atoms with van der Waals surface area (Å²) in [6.45, 7) is 8.00. The van der Waals surface area contributed by atoms with Crippen molar-refractivity contribution in [1.82, 2.24) is 9.80 Å². The van der Waals surface area contributed by atoms with Crippen LogP contribution >= 0.6 is 11.3 Å². The fourth-order valence-electron chi connectivity index (χ4n) is 3.67. The van der Waals surface area contributed by atoms with Gasteiger partial charge in [-0.25, -0.2) is 4.90 Å². The predicted molar refractivity (Wildman–Crippen MR) is 120 cm³/mol. The van der Waals surface area contributed by atoms with E-state index in [0.29, 0.717) is 29.5 Å². The number of imide groups is 1. The maximum absolute atomic E-state index is 13.5. The first-order chi connectivity index (χ1) is 14.5. The zero-order valence-electron chi connectivity index (χ0n) is 17.6. The quantitative estimate of drug-likeness (QED) is 0.665. The van der Waals surface area contributed by atoms with Gasteiger partial charge in [0.05, 0.1) is 17.9 Å². The van der Waals surface area contributed by atoms with Crippen molar-refractivity contribution in [3.05, 3.63) is 52.4 Å². The third-order valence-electron chi connectivity index (χ3n) is 5.32. The predicted octanol–water partition coefficient (Wildman–Crippen LogP) is 3.31. The van der Waals surface area contributed by atoms with Crippen LogP contribution in [0.2, 0.25) is 0 Å². The molecular weight excluding hydrogens is 398 g/mol. The summed E-state index contributed by atoms with van der Waals surface area (Å²) in [7, 11) is 2.07. The summed E-state index contributed by atoms with van der Waals surface area (Å²) in [6, 6.07) is 11.0. The van der Waals surface area contributed by atoms with Crippen molar-refractivity contribution in [2.75, 3.05) is 44.7 Å². The van der Waals surface area contributed by atoms with Crippen molar-refractivity contribution in [2.45, 2.75) is 13.8 Å². The van der Waals surface area contributed by atoms with Crippen LogP contribution in [0, 0.1) is 5.92 Å². The number of piperazine rings is 1. The molecule has 0 aliphatic carbocycles. The van der Waals surface area contributed by atoms with Crippen LogP contribution in [0.1, 0.15) is 18.7 Å². The topological polar surface area (TPSA) is 53.1 Å². The number of thiophene rings is 1. The molecule has 1 saturated heterocycles. The lowest BCUT2D eigenvalue weighted by Crippen LogP contribution is -2.46. The number of amides is 2. The molecule has 7 heteroatoms. The van der Waals surface area contributed by atoms with E-state index in [1.54, 1.807) is 12.1 Å². The first-order valence-electron chi connectivity index (χ1n) is 10.3. The number of hydrogen-bond acceptors (Lipinski definition) is 6. The highest BCUT2D eigenvalue weighted by atomic mass is 32.1. The van der Waals surface area contributed by atoms with Crippen molar-refractivity contribution in [1.29, 1.82) is 0 Å². The molecule has 3 heterocycles. The van der Waals surface area contributed by atoms with Crippen LogP contribution in [0.15, 0.2) is 47.5 Å². The Morgan fingerprint density at radius 3 is 2.30 bits per heavy atom. The van der Waals surface area contributed by atoms with E-state index in [1.165, 1.54) is 16.2 Å². The van der Waals surface area contributed by atoms with E-state index in [4.69, 9.17) is 4.74 Å². The van der Waals surface area contributed by atoms with Gasteiger partial charge in [-0.15, -0.1) is 11.3 Å². The van der Waals surface area contributed by atoms with E-state index < -0.39 is 0 Å². The number of likely N-dealkylation sites (N-methyl/N-ethyl adjacent to an activating group) is 1. The Bertz CT molecular complexity index is 943. The molecule has 2 amide bonds. The van der Waals surface area contributed by atoms with E-state index in [0.717, 1.165) is 36.8 Å². The summed E-state index contributed by atoms with van der Waals surface area (Å²) in [5.41, 5.74) is 1.61. The maximum atomic E-state index is 13.5. The van der Waals surface area contributed by atoms with E-state index in [9.17, 15) is 9.59 Å². The number of ether oxygens (including phenoxy) is 1. The number of anilines is 1. The largest absolute Gasteiger partial charge is 0.493 e. The number of nitrogens with zero attached hydrogens (tertiary/aromatic N) is 3. The third-order valence-corrected chi connectivity index (χ3v) is 6.21. The molecule has 0 atom stereocenters. The number of benzene rings is 1. The Morgan fingerprint density at radius 1 is 1.00 bits per heavy atom. The maximum Gasteiger partial charge on any atom is 0.282 e. The molecule has 158 valence electrons. The first kappa shape index (κ1) is 20.6. The van der Waals surface area contributed by atoms with Gasteiger partial charge in [0.25, 0.3) is 11.8 Å². The monoisotopic (exact) mass is 425 g/mol. The van der Waals surface area contributed by atoms with Crippen LogP contribution in [0.25, 0.3) is 5.57 Å². The fourth-order valence-corrected chi connectivity index (χ4v) is 4.44. The molecule has 1 aromatic heterocycles. The van der Waals surface area contributed by atoms with Gasteiger partial charge in [0.2, 0.25) is 0 Å². The van der Waals surface area contributed by atoms with Crippen LogP contribution in [0.5, 0.6) is 5.75 Å². The van der Waals surface area contributed by atoms with Crippen LogP contribution in [-0.4, -0.2) is 61.4 Å². The van der Waals surface area contributed by atoms with Gasteiger partial charge < -0.3 is 14.5 Å². The molecular formula is C23H27N3O3S. The molecule has 6 nitrogen and oxygen atoms in total. The lowest BCUT2D eigenvalue weighted by atomic mass is 10.1. The molecule has 1 aromatic carbocycles.